The summed E-state index contributed by atoms with van der Waals surface area (Å²) in [7, 11) is 0. The Hall–Kier alpha value is -8.35. The Kier molecular flexibility index (Phi) is 10.8. The van der Waals surface area contributed by atoms with E-state index in [0.29, 0.717) is 23.0 Å². The molecule has 3 nitrogen and oxygen atoms in total. The molecule has 0 aliphatic heterocycles. The fraction of sp³-hybridized carbons (Fsp3) is 0.127. The molecule has 9 heteroatoms. The fourth-order valence-electron chi connectivity index (χ4n) is 11.4. The summed E-state index contributed by atoms with van der Waals surface area (Å²) in [5.41, 5.74) is 13.4. The Balaban J connectivity index is 1.22. The highest BCUT2D eigenvalue weighted by molar-refractivity contribution is 6.12. The van der Waals surface area contributed by atoms with E-state index in [-0.39, 0.29) is 22.8 Å². The van der Waals surface area contributed by atoms with Gasteiger partial charge in [-0.3, -0.25) is 0 Å². The third kappa shape index (κ3) is 7.61. The topological polar surface area (TPSA) is 33.6 Å². The largest absolute Gasteiger partial charge is 0.417 e. The van der Waals surface area contributed by atoms with Gasteiger partial charge in [-0.2, -0.15) is 31.6 Å². The molecule has 0 bridgehead atoms. The molecule has 72 heavy (non-hydrogen) atoms. The molecule has 2 heterocycles. The first-order chi connectivity index (χ1) is 34.4. The first kappa shape index (κ1) is 46.1. The van der Waals surface area contributed by atoms with E-state index in [2.05, 4.69) is 111 Å². The molecular formula is C63H45F6N3. The van der Waals surface area contributed by atoms with Crippen molar-refractivity contribution < 1.29 is 26.3 Å². The van der Waals surface area contributed by atoms with Gasteiger partial charge in [0.15, 0.2) is 0 Å². The van der Waals surface area contributed by atoms with Crippen molar-refractivity contribution >= 4 is 43.6 Å². The molecule has 0 amide bonds. The molecule has 0 spiro atoms. The van der Waals surface area contributed by atoms with Gasteiger partial charge in [0, 0.05) is 32.8 Å². The average molecular weight is 958 g/mol. The van der Waals surface area contributed by atoms with Crippen molar-refractivity contribution in [2.45, 2.75) is 53.9 Å². The van der Waals surface area contributed by atoms with Crippen LogP contribution in [0.15, 0.2) is 164 Å². The van der Waals surface area contributed by atoms with Crippen molar-refractivity contribution in [1.82, 2.24) is 9.13 Å². The van der Waals surface area contributed by atoms with Gasteiger partial charge in [-0.1, -0.05) is 96.1 Å². The summed E-state index contributed by atoms with van der Waals surface area (Å²) in [5.74, 6) is 0. The number of benzene rings is 9. The zero-order chi connectivity index (χ0) is 50.5. The molecule has 0 fully saturated rings. The third-order valence-electron chi connectivity index (χ3n) is 14.1. The van der Waals surface area contributed by atoms with Crippen LogP contribution in [0.2, 0.25) is 0 Å². The lowest BCUT2D eigenvalue weighted by molar-refractivity contribution is -0.142. The molecule has 354 valence electrons. The van der Waals surface area contributed by atoms with Crippen LogP contribution in [-0.4, -0.2) is 9.13 Å². The van der Waals surface area contributed by atoms with Crippen LogP contribution in [0.5, 0.6) is 0 Å². The number of fused-ring (bicyclic) bond motifs is 6. The minimum absolute atomic E-state index is 0.0397. The Bertz CT molecular complexity index is 4050. The van der Waals surface area contributed by atoms with Crippen LogP contribution in [0.1, 0.15) is 50.1 Å². The lowest BCUT2D eigenvalue weighted by atomic mass is 9.88. The number of nitriles is 1. The van der Waals surface area contributed by atoms with Gasteiger partial charge in [0.25, 0.3) is 0 Å². The van der Waals surface area contributed by atoms with E-state index in [1.807, 2.05) is 54.6 Å². The van der Waals surface area contributed by atoms with Crippen molar-refractivity contribution in [1.29, 1.82) is 5.26 Å². The van der Waals surface area contributed by atoms with Gasteiger partial charge in [-0.25, -0.2) is 0 Å². The Morgan fingerprint density at radius 1 is 0.403 bits per heavy atom. The highest BCUT2D eigenvalue weighted by Crippen LogP contribution is 2.48. The van der Waals surface area contributed by atoms with Gasteiger partial charge in [0.2, 0.25) is 0 Å². The summed E-state index contributed by atoms with van der Waals surface area (Å²) in [6, 6.07) is 51.4. The summed E-state index contributed by atoms with van der Waals surface area (Å²) in [5, 5.41) is 14.3. The standard InChI is InChI=1S/C63H45F6N3/c1-35-25-37(3)60(38(4)26-35)42-16-23-57-52(30-42)48-11-7-9-13-55(48)71(57)45-19-21-46(47-20-18-44(62(64,65)66)32-54(47)63(67,68)69)50(33-45)51-29-41(34-70)15-22-58(51)72-56-14-10-8-12-49(56)53-31-43(17-24-59(53)72)61-39(5)27-36(2)28-40(61)6/h7-33H,1-6H3. The Labute approximate surface area is 412 Å². The maximum Gasteiger partial charge on any atom is 0.417 e. The van der Waals surface area contributed by atoms with E-state index in [1.165, 1.54) is 5.56 Å². The molecule has 0 atom stereocenters. The predicted molar refractivity (Wildman–Crippen MR) is 280 cm³/mol. The van der Waals surface area contributed by atoms with Gasteiger partial charge in [0.05, 0.1) is 50.5 Å². The van der Waals surface area contributed by atoms with Crippen molar-refractivity contribution in [3.63, 3.8) is 0 Å². The number of rotatable bonds is 6. The average Bonchev–Trinajstić information content (AvgIpc) is 3.84. The molecule has 2 aromatic heterocycles. The van der Waals surface area contributed by atoms with Gasteiger partial charge in [-0.15, -0.1) is 0 Å². The number of nitrogens with zero attached hydrogens (tertiary/aromatic N) is 3. The zero-order valence-corrected chi connectivity index (χ0v) is 40.2. The SMILES string of the molecule is Cc1cc(C)c(-c2ccc3c(c2)c2ccccc2n3-c2ccc(-c3ccc(C(F)(F)F)cc3C(F)(F)F)c(-c3cc(C#N)ccc3-n3c4ccccc4c4cc(-c5c(C)cc(C)cc5C)ccc43)c2)c(C)c1. The normalized spacial score (nSPS) is 12.2. The number of para-hydroxylation sites is 2. The van der Waals surface area contributed by atoms with Crippen molar-refractivity contribution in [3.8, 4) is 62.0 Å². The summed E-state index contributed by atoms with van der Waals surface area (Å²) in [6.45, 7) is 12.6. The molecule has 0 saturated carbocycles. The summed E-state index contributed by atoms with van der Waals surface area (Å²) in [4.78, 5) is 0. The van der Waals surface area contributed by atoms with Crippen LogP contribution in [0, 0.1) is 52.9 Å². The second-order valence-electron chi connectivity index (χ2n) is 19.0. The maximum absolute atomic E-state index is 15.3. The fourth-order valence-corrected chi connectivity index (χ4v) is 11.4. The van der Waals surface area contributed by atoms with Gasteiger partial charge in [0.1, 0.15) is 0 Å². The number of halogens is 6. The van der Waals surface area contributed by atoms with Crippen LogP contribution >= 0.6 is 0 Å². The van der Waals surface area contributed by atoms with E-state index in [9.17, 15) is 18.4 Å². The summed E-state index contributed by atoms with van der Waals surface area (Å²) >= 11 is 0. The highest BCUT2D eigenvalue weighted by atomic mass is 19.4. The quantitative estimate of drug-likeness (QED) is 0.153. The molecule has 0 saturated heterocycles. The van der Waals surface area contributed by atoms with Gasteiger partial charge >= 0.3 is 12.4 Å². The second-order valence-corrected chi connectivity index (χ2v) is 19.0. The van der Waals surface area contributed by atoms with E-state index in [1.54, 1.807) is 36.4 Å². The minimum atomic E-state index is -5.17. The highest BCUT2D eigenvalue weighted by Gasteiger charge is 2.39. The summed E-state index contributed by atoms with van der Waals surface area (Å²) in [6.07, 6.45) is -10.2. The number of hydrogen-bond donors (Lipinski definition) is 0. The molecule has 11 rings (SSSR count). The number of aryl methyl sites for hydroxylation is 6. The van der Waals surface area contributed by atoms with E-state index >= 15 is 13.2 Å². The molecule has 0 aliphatic rings. The molecular weight excluding hydrogens is 913 g/mol. The monoisotopic (exact) mass is 957 g/mol. The zero-order valence-electron chi connectivity index (χ0n) is 40.2. The second kappa shape index (κ2) is 16.9. The molecule has 11 aromatic rings. The number of alkyl halides is 6. The Morgan fingerprint density at radius 2 is 0.903 bits per heavy atom. The molecule has 0 N–H and O–H groups in total. The van der Waals surface area contributed by atoms with Crippen LogP contribution in [0.25, 0.3) is 99.5 Å². The first-order valence-corrected chi connectivity index (χ1v) is 23.6. The number of aromatic nitrogens is 2. The summed E-state index contributed by atoms with van der Waals surface area (Å²) < 4.78 is 92.6. The predicted octanol–water partition coefficient (Wildman–Crippen LogP) is 18.3. The van der Waals surface area contributed by atoms with Crippen molar-refractivity contribution in [2.24, 2.45) is 0 Å². The van der Waals surface area contributed by atoms with Gasteiger partial charge in [-0.05, 0) is 182 Å². The Morgan fingerprint density at radius 3 is 1.43 bits per heavy atom. The lowest BCUT2D eigenvalue weighted by Crippen LogP contribution is -2.12. The van der Waals surface area contributed by atoms with Gasteiger partial charge < -0.3 is 9.13 Å². The van der Waals surface area contributed by atoms with Crippen molar-refractivity contribution in [3.05, 3.63) is 214 Å². The maximum atomic E-state index is 15.3. The van der Waals surface area contributed by atoms with Crippen LogP contribution in [0.4, 0.5) is 26.3 Å². The van der Waals surface area contributed by atoms with Crippen molar-refractivity contribution in [2.75, 3.05) is 0 Å². The van der Waals surface area contributed by atoms with E-state index in [4.69, 9.17) is 0 Å². The minimum Gasteiger partial charge on any atom is -0.309 e. The molecule has 9 aromatic carbocycles. The van der Waals surface area contributed by atoms with E-state index in [0.717, 1.165) is 99.7 Å². The van der Waals surface area contributed by atoms with E-state index < -0.39 is 29.0 Å². The van der Waals surface area contributed by atoms with Crippen LogP contribution in [0.3, 0.4) is 0 Å². The smallest absolute Gasteiger partial charge is 0.309 e. The van der Waals surface area contributed by atoms with Crippen LogP contribution < -0.4 is 0 Å². The van der Waals surface area contributed by atoms with Crippen LogP contribution in [-0.2, 0) is 12.4 Å². The first-order valence-electron chi connectivity index (χ1n) is 23.6. The number of hydrogen-bond acceptors (Lipinski definition) is 1. The third-order valence-corrected chi connectivity index (χ3v) is 14.1. The molecule has 0 radical (unpaired) electrons. The molecule has 0 aliphatic carbocycles. The molecule has 0 unspecified atom stereocenters. The lowest BCUT2D eigenvalue weighted by Gasteiger charge is -2.22.